The molecule has 1 heterocycles. The molecule has 188 valence electrons. The first-order chi connectivity index (χ1) is 16.3. The summed E-state index contributed by atoms with van der Waals surface area (Å²) in [6.07, 6.45) is 5.94. The molecule has 0 bridgehead atoms. The molecule has 9 nitrogen and oxygen atoms in total. The fourth-order valence-corrected chi connectivity index (χ4v) is 3.28. The van der Waals surface area contributed by atoms with Gasteiger partial charge in [-0.25, -0.2) is 9.48 Å². The van der Waals surface area contributed by atoms with Crippen LogP contribution >= 0.6 is 0 Å². The van der Waals surface area contributed by atoms with Gasteiger partial charge in [0.1, 0.15) is 18.5 Å². The molecule has 0 N–H and O–H groups in total. The first-order valence-corrected chi connectivity index (χ1v) is 12.1. The summed E-state index contributed by atoms with van der Waals surface area (Å²) in [7, 11) is 1.44. The quantitative estimate of drug-likeness (QED) is 0.288. The summed E-state index contributed by atoms with van der Waals surface area (Å²) in [5, 5.41) is 4.16. The van der Waals surface area contributed by atoms with Crippen molar-refractivity contribution in [2.75, 3.05) is 13.2 Å². The van der Waals surface area contributed by atoms with Crippen LogP contribution < -0.4 is 20.7 Å². The zero-order valence-electron chi connectivity index (χ0n) is 20.7. The van der Waals surface area contributed by atoms with E-state index in [9.17, 15) is 14.4 Å². The summed E-state index contributed by atoms with van der Waals surface area (Å²) in [6, 6.07) is 7.49. The van der Waals surface area contributed by atoms with E-state index in [-0.39, 0.29) is 31.2 Å². The maximum absolute atomic E-state index is 12.4. The number of carbonyl (C=O) groups excluding carboxylic acids is 1. The minimum Gasteiger partial charge on any atom is -0.487 e. The second kappa shape index (κ2) is 14.2. The van der Waals surface area contributed by atoms with Gasteiger partial charge < -0.3 is 14.2 Å². The molecule has 1 atom stereocenters. The molecule has 2 rings (SSSR count). The van der Waals surface area contributed by atoms with E-state index in [1.54, 1.807) is 6.92 Å². The number of rotatable bonds is 15. The van der Waals surface area contributed by atoms with Crippen molar-refractivity contribution < 1.29 is 19.0 Å². The number of hydrogen-bond acceptors (Lipinski definition) is 7. The Labute approximate surface area is 200 Å². The Morgan fingerprint density at radius 1 is 1.06 bits per heavy atom. The molecule has 0 saturated heterocycles. The highest BCUT2D eigenvalue weighted by Gasteiger charge is 2.12. The van der Waals surface area contributed by atoms with Crippen LogP contribution in [0.4, 0.5) is 0 Å². The van der Waals surface area contributed by atoms with Crippen molar-refractivity contribution in [3.63, 3.8) is 0 Å². The van der Waals surface area contributed by atoms with Crippen LogP contribution in [0.25, 0.3) is 0 Å². The number of esters is 1. The number of unbranched alkanes of at least 4 members (excludes halogenated alkanes) is 4. The van der Waals surface area contributed by atoms with Crippen LogP contribution in [0.3, 0.4) is 0 Å². The van der Waals surface area contributed by atoms with Gasteiger partial charge in [0.15, 0.2) is 0 Å². The van der Waals surface area contributed by atoms with E-state index in [0.717, 1.165) is 35.8 Å². The predicted octanol–water partition coefficient (Wildman–Crippen LogP) is 3.25. The third-order valence-corrected chi connectivity index (χ3v) is 5.34. The average molecular weight is 476 g/mol. The van der Waals surface area contributed by atoms with E-state index < -0.39 is 11.2 Å². The van der Waals surface area contributed by atoms with E-state index in [0.29, 0.717) is 25.1 Å². The summed E-state index contributed by atoms with van der Waals surface area (Å²) in [4.78, 5) is 35.9. The van der Waals surface area contributed by atoms with Crippen molar-refractivity contribution in [2.24, 2.45) is 7.05 Å². The van der Waals surface area contributed by atoms with Gasteiger partial charge in [-0.2, -0.15) is 0 Å². The van der Waals surface area contributed by atoms with Crippen LogP contribution in [0.5, 0.6) is 11.6 Å². The first kappa shape index (κ1) is 27.1. The number of nitrogens with zero attached hydrogens (tertiary/aromatic N) is 3. The molecule has 1 aromatic carbocycles. The van der Waals surface area contributed by atoms with Crippen LogP contribution in [0.15, 0.2) is 33.9 Å². The van der Waals surface area contributed by atoms with Crippen LogP contribution in [0, 0.1) is 0 Å². The Morgan fingerprint density at radius 2 is 1.76 bits per heavy atom. The van der Waals surface area contributed by atoms with Crippen LogP contribution in [0.1, 0.15) is 64.9 Å². The van der Waals surface area contributed by atoms with Gasteiger partial charge in [-0.05, 0) is 31.0 Å². The van der Waals surface area contributed by atoms with Crippen LogP contribution in [0.2, 0.25) is 0 Å². The van der Waals surface area contributed by atoms with E-state index in [2.05, 4.69) is 12.0 Å². The lowest BCUT2D eigenvalue weighted by molar-refractivity contribution is -0.145. The molecule has 0 radical (unpaired) electrons. The van der Waals surface area contributed by atoms with Crippen LogP contribution in [-0.4, -0.2) is 39.6 Å². The van der Waals surface area contributed by atoms with Crippen molar-refractivity contribution in [3.05, 3.63) is 50.7 Å². The van der Waals surface area contributed by atoms with Gasteiger partial charge in [0.05, 0.1) is 6.61 Å². The third-order valence-electron chi connectivity index (χ3n) is 5.34. The maximum Gasteiger partial charge on any atom is 0.347 e. The Kier molecular flexibility index (Phi) is 11.4. The molecule has 34 heavy (non-hydrogen) atoms. The second-order valence-corrected chi connectivity index (χ2v) is 8.30. The summed E-state index contributed by atoms with van der Waals surface area (Å²) < 4.78 is 18.8. The van der Waals surface area contributed by atoms with Gasteiger partial charge >= 0.3 is 17.2 Å². The van der Waals surface area contributed by atoms with Gasteiger partial charge in [0.25, 0.3) is 5.88 Å². The normalized spacial score (nSPS) is 11.8. The molecule has 0 aliphatic carbocycles. The Bertz CT molecular complexity index is 1010. The lowest BCUT2D eigenvalue weighted by Gasteiger charge is -2.15. The van der Waals surface area contributed by atoms with E-state index >= 15 is 0 Å². The molecule has 0 fully saturated rings. The number of aromatic nitrogens is 3. The van der Waals surface area contributed by atoms with Crippen molar-refractivity contribution in [1.82, 2.24) is 14.3 Å². The highest BCUT2D eigenvalue weighted by molar-refractivity contribution is 5.68. The molecule has 0 amide bonds. The summed E-state index contributed by atoms with van der Waals surface area (Å²) in [5.74, 6) is 0.356. The van der Waals surface area contributed by atoms with E-state index in [4.69, 9.17) is 14.2 Å². The number of ether oxygens (including phenoxy) is 3. The molecular formula is C25H37N3O6. The Balaban J connectivity index is 1.87. The molecule has 0 saturated carbocycles. The average Bonchev–Trinajstić information content (AvgIpc) is 2.84. The summed E-state index contributed by atoms with van der Waals surface area (Å²) in [6.45, 7) is 6.65. The van der Waals surface area contributed by atoms with E-state index in [1.165, 1.54) is 18.2 Å². The van der Waals surface area contributed by atoms with Gasteiger partial charge in [0.2, 0.25) is 0 Å². The first-order valence-electron chi connectivity index (χ1n) is 12.1. The third kappa shape index (κ3) is 8.68. The molecule has 1 aromatic heterocycles. The van der Waals surface area contributed by atoms with Crippen molar-refractivity contribution in [2.45, 2.75) is 78.4 Å². The predicted molar refractivity (Wildman–Crippen MR) is 129 cm³/mol. The van der Waals surface area contributed by atoms with Crippen molar-refractivity contribution in [1.29, 1.82) is 0 Å². The second-order valence-electron chi connectivity index (χ2n) is 8.30. The van der Waals surface area contributed by atoms with E-state index in [1.807, 2.05) is 31.2 Å². The zero-order valence-corrected chi connectivity index (χ0v) is 20.7. The topological polar surface area (TPSA) is 102 Å². The summed E-state index contributed by atoms with van der Waals surface area (Å²) in [5.41, 5.74) is 0.0364. The summed E-state index contributed by atoms with van der Waals surface area (Å²) >= 11 is 0. The van der Waals surface area contributed by atoms with Crippen molar-refractivity contribution in [3.8, 4) is 11.6 Å². The number of carbonyl (C=O) groups is 1. The molecule has 0 spiro atoms. The Morgan fingerprint density at radius 3 is 2.44 bits per heavy atom. The molecule has 0 aliphatic rings. The monoisotopic (exact) mass is 475 g/mol. The Hall–Kier alpha value is -3.10. The standard InChI is InChI=1S/C25H37N3O6/c1-5-7-8-9-10-16-28-25(31)27(4)24(30)23(26-28)32-17-15-20-11-13-21(14-12-20)34-19(3)18-33-22(29)6-2/h11-14,19H,5-10,15-18H2,1-4H3. The number of hydrogen-bond donors (Lipinski definition) is 0. The maximum atomic E-state index is 12.4. The lowest BCUT2D eigenvalue weighted by Crippen LogP contribution is -2.40. The minimum atomic E-state index is -0.534. The molecule has 2 aromatic rings. The molecule has 1 unspecified atom stereocenters. The number of benzene rings is 1. The van der Waals surface area contributed by atoms with Crippen molar-refractivity contribution >= 4 is 5.97 Å². The molecule has 9 heteroatoms. The fourth-order valence-electron chi connectivity index (χ4n) is 3.28. The highest BCUT2D eigenvalue weighted by atomic mass is 16.6. The minimum absolute atomic E-state index is 0.0638. The van der Waals surface area contributed by atoms with Gasteiger partial charge in [0, 0.05) is 26.4 Å². The van der Waals surface area contributed by atoms with Gasteiger partial charge in [-0.15, -0.1) is 5.10 Å². The number of aryl methyl sites for hydroxylation is 1. The molecular weight excluding hydrogens is 438 g/mol. The molecule has 0 aliphatic heterocycles. The lowest BCUT2D eigenvalue weighted by atomic mass is 10.1. The SMILES string of the molecule is CCCCCCCn1nc(OCCc2ccc(OC(C)COC(=O)CC)cc2)c(=O)n(C)c1=O. The zero-order chi connectivity index (χ0) is 24.9. The largest absolute Gasteiger partial charge is 0.487 e. The van der Waals surface area contributed by atoms with Gasteiger partial charge in [-0.3, -0.25) is 14.2 Å². The highest BCUT2D eigenvalue weighted by Crippen LogP contribution is 2.15. The van der Waals surface area contributed by atoms with Gasteiger partial charge in [-0.1, -0.05) is 51.7 Å². The smallest absolute Gasteiger partial charge is 0.347 e. The van der Waals surface area contributed by atoms with Crippen LogP contribution in [-0.2, 0) is 29.5 Å². The fraction of sp³-hybridized carbons (Fsp3) is 0.600.